The van der Waals surface area contributed by atoms with Gasteiger partial charge in [0.1, 0.15) is 11.7 Å². The molecule has 0 bridgehead atoms. The smallest absolute Gasteiger partial charge is 0.141 e. The van der Waals surface area contributed by atoms with Crippen LogP contribution in [0.5, 0.6) is 0 Å². The number of hydrogen-bond acceptors (Lipinski definition) is 3. The van der Waals surface area contributed by atoms with E-state index in [1.165, 1.54) is 32.1 Å². The van der Waals surface area contributed by atoms with Crippen LogP contribution in [0.2, 0.25) is 0 Å². The SMILES string of the molecule is Cc1nc2ccccn2c1C(C#N)N(C)C1CCCCC1. The van der Waals surface area contributed by atoms with E-state index in [0.717, 1.165) is 17.0 Å². The van der Waals surface area contributed by atoms with E-state index in [-0.39, 0.29) is 6.04 Å². The van der Waals surface area contributed by atoms with Crippen LogP contribution in [0.3, 0.4) is 0 Å². The van der Waals surface area contributed by atoms with Crippen LogP contribution in [-0.2, 0) is 0 Å². The highest BCUT2D eigenvalue weighted by Crippen LogP contribution is 2.30. The van der Waals surface area contributed by atoms with Gasteiger partial charge in [-0.25, -0.2) is 4.98 Å². The molecule has 1 fully saturated rings. The monoisotopic (exact) mass is 282 g/mol. The van der Waals surface area contributed by atoms with Crippen molar-refractivity contribution in [3.05, 3.63) is 35.8 Å². The lowest BCUT2D eigenvalue weighted by molar-refractivity contribution is 0.161. The van der Waals surface area contributed by atoms with Crippen molar-refractivity contribution in [2.75, 3.05) is 7.05 Å². The Hall–Kier alpha value is -1.86. The number of rotatable bonds is 3. The minimum absolute atomic E-state index is 0.231. The molecule has 4 nitrogen and oxygen atoms in total. The molecule has 0 amide bonds. The summed E-state index contributed by atoms with van der Waals surface area (Å²) in [6.45, 7) is 2.00. The van der Waals surface area contributed by atoms with Gasteiger partial charge in [-0.3, -0.25) is 4.90 Å². The average Bonchev–Trinajstić information content (AvgIpc) is 2.85. The predicted octanol–water partition coefficient (Wildman–Crippen LogP) is 3.47. The summed E-state index contributed by atoms with van der Waals surface area (Å²) in [6.07, 6.45) is 8.29. The van der Waals surface area contributed by atoms with E-state index in [4.69, 9.17) is 0 Å². The number of aryl methyl sites for hydroxylation is 1. The molecule has 2 heterocycles. The summed E-state index contributed by atoms with van der Waals surface area (Å²) in [5.74, 6) is 0. The molecule has 21 heavy (non-hydrogen) atoms. The molecule has 1 unspecified atom stereocenters. The quantitative estimate of drug-likeness (QED) is 0.865. The fourth-order valence-electron chi connectivity index (χ4n) is 3.51. The van der Waals surface area contributed by atoms with Gasteiger partial charge in [0.15, 0.2) is 0 Å². The lowest BCUT2D eigenvalue weighted by Gasteiger charge is -2.34. The highest BCUT2D eigenvalue weighted by molar-refractivity contribution is 5.44. The van der Waals surface area contributed by atoms with Gasteiger partial charge in [0, 0.05) is 12.2 Å². The molecule has 0 aromatic carbocycles. The molecule has 1 aliphatic rings. The van der Waals surface area contributed by atoms with Crippen molar-refractivity contribution in [1.29, 1.82) is 5.26 Å². The van der Waals surface area contributed by atoms with E-state index >= 15 is 0 Å². The standard InChI is InChI=1S/C17H22N4/c1-13-17(21-11-7-6-10-16(21)19-13)15(12-18)20(2)14-8-4-3-5-9-14/h6-7,10-11,14-15H,3-5,8-9H2,1-2H3. The third-order valence-electron chi connectivity index (χ3n) is 4.69. The molecule has 0 spiro atoms. The Morgan fingerprint density at radius 1 is 1.33 bits per heavy atom. The average molecular weight is 282 g/mol. The number of nitriles is 1. The maximum atomic E-state index is 9.75. The Bertz CT molecular complexity index is 661. The van der Waals surface area contributed by atoms with Crippen molar-refractivity contribution in [2.24, 2.45) is 0 Å². The molecular weight excluding hydrogens is 260 g/mol. The maximum Gasteiger partial charge on any atom is 0.141 e. The molecule has 0 saturated heterocycles. The Labute approximate surface area is 126 Å². The molecule has 1 atom stereocenters. The summed E-state index contributed by atoms with van der Waals surface area (Å²) in [4.78, 5) is 6.85. The van der Waals surface area contributed by atoms with Gasteiger partial charge in [0.2, 0.25) is 0 Å². The predicted molar refractivity (Wildman–Crippen MR) is 82.9 cm³/mol. The maximum absolute atomic E-state index is 9.75. The lowest BCUT2D eigenvalue weighted by Crippen LogP contribution is -2.36. The van der Waals surface area contributed by atoms with E-state index in [1.807, 2.05) is 31.3 Å². The van der Waals surface area contributed by atoms with Crippen LogP contribution in [0.1, 0.15) is 49.5 Å². The van der Waals surface area contributed by atoms with E-state index in [9.17, 15) is 5.26 Å². The fourth-order valence-corrected chi connectivity index (χ4v) is 3.51. The minimum Gasteiger partial charge on any atom is -0.301 e. The van der Waals surface area contributed by atoms with Crippen LogP contribution < -0.4 is 0 Å². The Morgan fingerprint density at radius 2 is 2.10 bits per heavy atom. The zero-order valence-electron chi connectivity index (χ0n) is 12.8. The zero-order chi connectivity index (χ0) is 14.8. The van der Waals surface area contributed by atoms with Gasteiger partial charge in [-0.05, 0) is 38.9 Å². The minimum atomic E-state index is -0.231. The van der Waals surface area contributed by atoms with Crippen LogP contribution in [0.4, 0.5) is 0 Å². The molecule has 2 aromatic heterocycles. The molecule has 3 rings (SSSR count). The molecule has 0 radical (unpaired) electrons. The highest BCUT2D eigenvalue weighted by Gasteiger charge is 2.29. The summed E-state index contributed by atoms with van der Waals surface area (Å²) in [7, 11) is 2.09. The van der Waals surface area contributed by atoms with Crippen molar-refractivity contribution in [3.63, 3.8) is 0 Å². The molecule has 110 valence electrons. The van der Waals surface area contributed by atoms with E-state index in [1.54, 1.807) is 0 Å². The topological polar surface area (TPSA) is 44.3 Å². The van der Waals surface area contributed by atoms with Gasteiger partial charge in [0.25, 0.3) is 0 Å². The van der Waals surface area contributed by atoms with E-state index < -0.39 is 0 Å². The largest absolute Gasteiger partial charge is 0.301 e. The molecule has 1 aliphatic carbocycles. The molecule has 0 N–H and O–H groups in total. The van der Waals surface area contributed by atoms with Crippen molar-refractivity contribution in [1.82, 2.24) is 14.3 Å². The van der Waals surface area contributed by atoms with Gasteiger partial charge >= 0.3 is 0 Å². The first-order valence-corrected chi connectivity index (χ1v) is 7.77. The normalized spacial score (nSPS) is 18.0. The second kappa shape index (κ2) is 5.87. The molecule has 1 saturated carbocycles. The van der Waals surface area contributed by atoms with Gasteiger partial charge in [-0.15, -0.1) is 0 Å². The second-order valence-corrected chi connectivity index (χ2v) is 6.00. The van der Waals surface area contributed by atoms with Crippen LogP contribution in [-0.4, -0.2) is 27.4 Å². The van der Waals surface area contributed by atoms with E-state index in [2.05, 4.69) is 27.4 Å². The number of nitrogens with zero attached hydrogens (tertiary/aromatic N) is 4. The number of hydrogen-bond donors (Lipinski definition) is 0. The second-order valence-electron chi connectivity index (χ2n) is 6.00. The number of imidazole rings is 1. The molecular formula is C17H22N4. The van der Waals surface area contributed by atoms with Crippen molar-refractivity contribution >= 4 is 5.65 Å². The van der Waals surface area contributed by atoms with Crippen LogP contribution >= 0.6 is 0 Å². The summed E-state index contributed by atoms with van der Waals surface area (Å²) in [5, 5.41) is 9.75. The van der Waals surface area contributed by atoms with Gasteiger partial charge in [0.05, 0.1) is 17.5 Å². The molecule has 4 heteroatoms. The molecule has 2 aromatic rings. The Balaban J connectivity index is 1.98. The first-order valence-electron chi connectivity index (χ1n) is 7.77. The Kier molecular flexibility index (Phi) is 3.94. The summed E-state index contributed by atoms with van der Waals surface area (Å²) in [6, 6.07) is 8.75. The van der Waals surface area contributed by atoms with Crippen LogP contribution in [0.25, 0.3) is 5.65 Å². The highest BCUT2D eigenvalue weighted by atomic mass is 15.2. The van der Waals surface area contributed by atoms with Crippen molar-refractivity contribution < 1.29 is 0 Å². The zero-order valence-corrected chi connectivity index (χ0v) is 12.8. The number of aromatic nitrogens is 2. The summed E-state index contributed by atoms with van der Waals surface area (Å²) >= 11 is 0. The number of fused-ring (bicyclic) bond motifs is 1. The lowest BCUT2D eigenvalue weighted by atomic mass is 9.93. The van der Waals surface area contributed by atoms with Crippen molar-refractivity contribution in [3.8, 4) is 6.07 Å². The molecule has 0 aliphatic heterocycles. The van der Waals surface area contributed by atoms with Crippen LogP contribution in [0.15, 0.2) is 24.4 Å². The summed E-state index contributed by atoms with van der Waals surface area (Å²) < 4.78 is 2.06. The van der Waals surface area contributed by atoms with Gasteiger partial charge in [-0.1, -0.05) is 25.3 Å². The number of pyridine rings is 1. The summed E-state index contributed by atoms with van der Waals surface area (Å²) in [5.41, 5.74) is 2.89. The van der Waals surface area contributed by atoms with Crippen molar-refractivity contribution in [2.45, 2.75) is 51.1 Å². The third-order valence-corrected chi connectivity index (χ3v) is 4.69. The third kappa shape index (κ3) is 2.54. The van der Waals surface area contributed by atoms with Gasteiger partial charge in [-0.2, -0.15) is 5.26 Å². The van der Waals surface area contributed by atoms with Crippen LogP contribution in [0, 0.1) is 18.3 Å². The van der Waals surface area contributed by atoms with Gasteiger partial charge < -0.3 is 4.40 Å². The first-order chi connectivity index (χ1) is 10.2. The van der Waals surface area contributed by atoms with E-state index in [0.29, 0.717) is 6.04 Å². The Morgan fingerprint density at radius 3 is 2.81 bits per heavy atom. The first kappa shape index (κ1) is 14.1. The fraction of sp³-hybridized carbons (Fsp3) is 0.529.